The van der Waals surface area contributed by atoms with Gasteiger partial charge in [-0.15, -0.1) is 0 Å². The van der Waals surface area contributed by atoms with Crippen LogP contribution < -0.4 is 14.8 Å². The molecule has 1 unspecified atom stereocenters. The molecule has 0 aliphatic carbocycles. The van der Waals surface area contributed by atoms with E-state index in [4.69, 9.17) is 21.1 Å². The summed E-state index contributed by atoms with van der Waals surface area (Å²) in [6.07, 6.45) is -5.83. The number of para-hydroxylation sites is 1. The first kappa shape index (κ1) is 27.0. The van der Waals surface area contributed by atoms with Gasteiger partial charge in [-0.1, -0.05) is 72.3 Å². The van der Waals surface area contributed by atoms with E-state index in [1.807, 2.05) is 30.3 Å². The molecular weight excluding hydrogens is 517 g/mol. The number of hydrogen-bond donors (Lipinski definition) is 1. The van der Waals surface area contributed by atoms with Crippen molar-refractivity contribution in [3.05, 3.63) is 125 Å². The maximum atomic E-state index is 14.1. The molecule has 38 heavy (non-hydrogen) atoms. The van der Waals surface area contributed by atoms with E-state index >= 15 is 0 Å². The van der Waals surface area contributed by atoms with Crippen molar-refractivity contribution in [2.75, 3.05) is 0 Å². The Labute approximate surface area is 223 Å². The summed E-state index contributed by atoms with van der Waals surface area (Å²) >= 11 is 6.10. The van der Waals surface area contributed by atoms with Crippen LogP contribution in [0.4, 0.5) is 18.0 Å². The Balaban J connectivity index is 1.84. The number of hydrogen-bond acceptors (Lipinski definition) is 4. The van der Waals surface area contributed by atoms with E-state index in [0.717, 1.165) is 5.56 Å². The first-order valence-corrected chi connectivity index (χ1v) is 12.1. The van der Waals surface area contributed by atoms with Gasteiger partial charge in [-0.3, -0.25) is 4.98 Å². The summed E-state index contributed by atoms with van der Waals surface area (Å²) in [6, 6.07) is 26.6. The lowest BCUT2D eigenvalue weighted by Gasteiger charge is -2.35. The highest BCUT2D eigenvalue weighted by atomic mass is 35.5. The zero-order valence-electron chi connectivity index (χ0n) is 20.3. The number of carbonyl (C=O) groups excluding carboxylic acids is 1. The second-order valence-electron chi connectivity index (χ2n) is 8.56. The van der Waals surface area contributed by atoms with E-state index in [2.05, 4.69) is 10.3 Å². The number of ether oxygens (including phenoxy) is 2. The third-order valence-electron chi connectivity index (χ3n) is 5.79. The van der Waals surface area contributed by atoms with E-state index in [1.54, 1.807) is 48.5 Å². The van der Waals surface area contributed by atoms with Gasteiger partial charge in [0.15, 0.2) is 0 Å². The maximum absolute atomic E-state index is 14.1. The van der Waals surface area contributed by atoms with Gasteiger partial charge in [0.2, 0.25) is 6.17 Å². The van der Waals surface area contributed by atoms with E-state index in [0.29, 0.717) is 29.0 Å². The minimum atomic E-state index is -4.06. The largest absolute Gasteiger partial charge is 0.430 e. The van der Waals surface area contributed by atoms with Gasteiger partial charge in [-0.2, -0.15) is 8.78 Å². The van der Waals surface area contributed by atoms with Crippen LogP contribution in [0, 0.1) is 0 Å². The van der Waals surface area contributed by atoms with Gasteiger partial charge in [0.1, 0.15) is 17.0 Å². The zero-order valence-corrected chi connectivity index (χ0v) is 21.0. The van der Waals surface area contributed by atoms with Crippen LogP contribution in [0.1, 0.15) is 23.7 Å². The summed E-state index contributed by atoms with van der Waals surface area (Å²) in [7, 11) is 0. The Kier molecular flexibility index (Phi) is 8.22. The van der Waals surface area contributed by atoms with E-state index in [-0.39, 0.29) is 12.2 Å². The van der Waals surface area contributed by atoms with Gasteiger partial charge in [0.05, 0.1) is 10.7 Å². The standard InChI is InChI=1S/C29H24ClF3N2O3/c1-20(31)29(32,33)38-25-14-8-11-22(17-25)28(18-21-9-4-2-5-10-21,26-16-15-23(30)19-34-26)35-27(36)37-24-12-6-3-7-13-24/h2-17,19-20H,18H2,1H3,(H,35,36)/t20?,28-/m0/s1. The Morgan fingerprint density at radius 3 is 2.24 bits per heavy atom. The molecule has 0 aliphatic rings. The molecule has 0 bridgehead atoms. The Hall–Kier alpha value is -4.04. The number of carbonyl (C=O) groups is 1. The molecule has 0 spiro atoms. The minimum absolute atomic E-state index is 0.158. The van der Waals surface area contributed by atoms with Crippen molar-refractivity contribution in [3.63, 3.8) is 0 Å². The van der Waals surface area contributed by atoms with Gasteiger partial charge in [-0.05, 0) is 54.4 Å². The number of nitrogens with zero attached hydrogens (tertiary/aromatic N) is 1. The molecule has 4 aromatic rings. The van der Waals surface area contributed by atoms with Crippen molar-refractivity contribution in [2.24, 2.45) is 0 Å². The molecule has 1 heterocycles. The SMILES string of the molecule is CC(F)C(F)(F)Oc1cccc([C@](Cc2ccccc2)(NC(=O)Oc2ccccc2)c2ccc(Cl)cn2)c1. The summed E-state index contributed by atoms with van der Waals surface area (Å²) in [5.74, 6) is 0.0120. The van der Waals surface area contributed by atoms with Crippen molar-refractivity contribution in [1.29, 1.82) is 0 Å². The first-order chi connectivity index (χ1) is 18.2. The number of rotatable bonds is 9. The molecule has 196 valence electrons. The van der Waals surface area contributed by atoms with Gasteiger partial charge in [-0.25, -0.2) is 9.18 Å². The van der Waals surface area contributed by atoms with Crippen LogP contribution in [-0.4, -0.2) is 23.4 Å². The van der Waals surface area contributed by atoms with Crippen LogP contribution in [0.3, 0.4) is 0 Å². The van der Waals surface area contributed by atoms with Gasteiger partial charge in [0.25, 0.3) is 0 Å². The number of halogens is 4. The normalized spacial score (nSPS) is 13.7. The van der Waals surface area contributed by atoms with Gasteiger partial charge in [0, 0.05) is 12.6 Å². The van der Waals surface area contributed by atoms with Crippen LogP contribution in [0.15, 0.2) is 103 Å². The molecule has 2 atom stereocenters. The van der Waals surface area contributed by atoms with Crippen molar-refractivity contribution < 1.29 is 27.4 Å². The summed E-state index contributed by atoms with van der Waals surface area (Å²) in [4.78, 5) is 17.7. The number of pyridine rings is 1. The van der Waals surface area contributed by atoms with Crippen molar-refractivity contribution >= 4 is 17.7 Å². The molecule has 1 N–H and O–H groups in total. The first-order valence-electron chi connectivity index (χ1n) is 11.7. The van der Waals surface area contributed by atoms with Crippen LogP contribution >= 0.6 is 11.6 Å². The quantitative estimate of drug-likeness (QED) is 0.241. The predicted molar refractivity (Wildman–Crippen MR) is 138 cm³/mol. The molecule has 0 saturated heterocycles. The van der Waals surface area contributed by atoms with Crippen LogP contribution in [0.5, 0.6) is 11.5 Å². The number of benzene rings is 3. The van der Waals surface area contributed by atoms with Crippen molar-refractivity contribution in [1.82, 2.24) is 10.3 Å². The second-order valence-corrected chi connectivity index (χ2v) is 9.00. The molecule has 0 saturated carbocycles. The fraction of sp³-hybridized carbons (Fsp3) is 0.172. The molecule has 1 aromatic heterocycles. The topological polar surface area (TPSA) is 60.5 Å². The summed E-state index contributed by atoms with van der Waals surface area (Å²) in [5.41, 5.74) is 0.0891. The minimum Gasteiger partial charge on any atom is -0.430 e. The van der Waals surface area contributed by atoms with Gasteiger partial charge < -0.3 is 14.8 Å². The molecule has 5 nitrogen and oxygen atoms in total. The Bertz CT molecular complexity index is 1360. The average Bonchev–Trinajstić information content (AvgIpc) is 2.89. The number of amides is 1. The smallest absolute Gasteiger partial charge is 0.429 e. The molecule has 0 aliphatic heterocycles. The second kappa shape index (κ2) is 11.6. The van der Waals surface area contributed by atoms with Crippen LogP contribution in [-0.2, 0) is 12.0 Å². The maximum Gasteiger partial charge on any atom is 0.429 e. The van der Waals surface area contributed by atoms with Crippen LogP contribution in [0.25, 0.3) is 0 Å². The average molecular weight is 541 g/mol. The zero-order chi connectivity index (χ0) is 27.2. The van der Waals surface area contributed by atoms with Crippen molar-refractivity contribution in [3.8, 4) is 11.5 Å². The highest BCUT2D eigenvalue weighted by Gasteiger charge is 2.42. The van der Waals surface area contributed by atoms with Crippen molar-refractivity contribution in [2.45, 2.75) is 31.2 Å². The molecule has 4 rings (SSSR count). The van der Waals surface area contributed by atoms with E-state index < -0.39 is 23.9 Å². The number of nitrogens with one attached hydrogen (secondary N) is 1. The predicted octanol–water partition coefficient (Wildman–Crippen LogP) is 7.34. The monoisotopic (exact) mass is 540 g/mol. The molecule has 0 radical (unpaired) electrons. The summed E-state index contributed by atoms with van der Waals surface area (Å²) in [5, 5.41) is 3.27. The molecule has 1 amide bonds. The molecule has 3 aromatic carbocycles. The number of aromatic nitrogens is 1. The molecular formula is C29H24ClF3N2O3. The third kappa shape index (κ3) is 6.44. The molecule has 9 heteroatoms. The Morgan fingerprint density at radius 1 is 0.947 bits per heavy atom. The van der Waals surface area contributed by atoms with Gasteiger partial charge >= 0.3 is 12.2 Å². The summed E-state index contributed by atoms with van der Waals surface area (Å²) in [6.45, 7) is 0.711. The summed E-state index contributed by atoms with van der Waals surface area (Å²) < 4.78 is 51.9. The Morgan fingerprint density at radius 2 is 1.61 bits per heavy atom. The fourth-order valence-corrected chi connectivity index (χ4v) is 4.02. The molecule has 0 fully saturated rings. The third-order valence-corrected chi connectivity index (χ3v) is 6.01. The van der Waals surface area contributed by atoms with E-state index in [1.165, 1.54) is 24.4 Å². The van der Waals surface area contributed by atoms with Crippen LogP contribution in [0.2, 0.25) is 5.02 Å². The highest BCUT2D eigenvalue weighted by Crippen LogP contribution is 2.36. The number of alkyl halides is 3. The highest BCUT2D eigenvalue weighted by molar-refractivity contribution is 6.30. The lowest BCUT2D eigenvalue weighted by atomic mass is 9.80. The lowest BCUT2D eigenvalue weighted by Crippen LogP contribution is -2.50. The fourth-order valence-electron chi connectivity index (χ4n) is 3.91. The lowest BCUT2D eigenvalue weighted by molar-refractivity contribution is -0.215. The van der Waals surface area contributed by atoms with E-state index in [9.17, 15) is 18.0 Å².